The zero-order valence-electron chi connectivity index (χ0n) is 13.0. The van der Waals surface area contributed by atoms with Gasteiger partial charge in [-0.15, -0.1) is 11.8 Å². The van der Waals surface area contributed by atoms with E-state index in [1.165, 1.54) is 18.9 Å². The molecule has 0 aromatic heterocycles. The summed E-state index contributed by atoms with van der Waals surface area (Å²) in [6, 6.07) is 6.91. The van der Waals surface area contributed by atoms with Gasteiger partial charge in [-0.05, 0) is 39.0 Å². The molecule has 0 aliphatic heterocycles. The zero-order chi connectivity index (χ0) is 16.8. The van der Waals surface area contributed by atoms with Crippen molar-refractivity contribution in [2.24, 2.45) is 0 Å². The third kappa shape index (κ3) is 7.17. The van der Waals surface area contributed by atoms with Gasteiger partial charge < -0.3 is 14.8 Å². The van der Waals surface area contributed by atoms with E-state index < -0.39 is 23.7 Å². The maximum absolute atomic E-state index is 11.8. The van der Waals surface area contributed by atoms with Gasteiger partial charge in [-0.2, -0.15) is 0 Å². The van der Waals surface area contributed by atoms with E-state index in [2.05, 4.69) is 21.2 Å². The molecule has 0 fully saturated rings. The largest absolute Gasteiger partial charge is 0.467 e. The SMILES string of the molecule is COC(=O)[C@H](CSc1cccc(Br)c1)NC(=O)OC(C)(C)C. The van der Waals surface area contributed by atoms with Gasteiger partial charge in [0.1, 0.15) is 11.6 Å². The summed E-state index contributed by atoms with van der Waals surface area (Å²) in [5.74, 6) is -0.157. The molecule has 0 unspecified atom stereocenters. The third-order valence-electron chi connectivity index (χ3n) is 2.39. The number of benzene rings is 1. The summed E-state index contributed by atoms with van der Waals surface area (Å²) in [7, 11) is 1.29. The third-order valence-corrected chi connectivity index (χ3v) is 3.97. The fourth-order valence-corrected chi connectivity index (χ4v) is 3.01. The molecule has 1 aromatic rings. The summed E-state index contributed by atoms with van der Waals surface area (Å²) in [6.07, 6.45) is -0.641. The number of esters is 1. The van der Waals surface area contributed by atoms with E-state index in [9.17, 15) is 9.59 Å². The van der Waals surface area contributed by atoms with Crippen molar-refractivity contribution in [1.82, 2.24) is 5.32 Å². The lowest BCUT2D eigenvalue weighted by atomic mass is 10.2. The van der Waals surface area contributed by atoms with Gasteiger partial charge >= 0.3 is 12.1 Å². The highest BCUT2D eigenvalue weighted by atomic mass is 79.9. The van der Waals surface area contributed by atoms with Crippen LogP contribution in [0.3, 0.4) is 0 Å². The van der Waals surface area contributed by atoms with Crippen LogP contribution in [0.4, 0.5) is 4.79 Å². The topological polar surface area (TPSA) is 64.6 Å². The predicted octanol–water partition coefficient (Wildman–Crippen LogP) is 3.61. The van der Waals surface area contributed by atoms with E-state index in [-0.39, 0.29) is 0 Å². The van der Waals surface area contributed by atoms with Crippen LogP contribution in [0, 0.1) is 0 Å². The molecule has 0 aliphatic carbocycles. The Morgan fingerprint density at radius 1 is 1.36 bits per heavy atom. The number of hydrogen-bond acceptors (Lipinski definition) is 5. The number of rotatable bonds is 5. The number of amides is 1. The van der Waals surface area contributed by atoms with Crippen LogP contribution in [0.15, 0.2) is 33.6 Å². The van der Waals surface area contributed by atoms with E-state index in [0.29, 0.717) is 5.75 Å². The molecule has 122 valence electrons. The Balaban J connectivity index is 2.65. The van der Waals surface area contributed by atoms with Gasteiger partial charge in [0.05, 0.1) is 7.11 Å². The van der Waals surface area contributed by atoms with Crippen LogP contribution in [0.5, 0.6) is 0 Å². The molecule has 0 bridgehead atoms. The average molecular weight is 390 g/mol. The van der Waals surface area contributed by atoms with Gasteiger partial charge in [-0.25, -0.2) is 9.59 Å². The molecule has 0 heterocycles. The Morgan fingerprint density at radius 3 is 2.59 bits per heavy atom. The van der Waals surface area contributed by atoms with Crippen LogP contribution in [-0.2, 0) is 14.3 Å². The monoisotopic (exact) mass is 389 g/mol. The highest BCUT2D eigenvalue weighted by molar-refractivity contribution is 9.10. The zero-order valence-corrected chi connectivity index (χ0v) is 15.4. The number of hydrogen-bond donors (Lipinski definition) is 1. The van der Waals surface area contributed by atoms with Crippen LogP contribution in [0.2, 0.25) is 0 Å². The molecule has 1 atom stereocenters. The van der Waals surface area contributed by atoms with Crippen LogP contribution >= 0.6 is 27.7 Å². The lowest BCUT2D eigenvalue weighted by molar-refractivity contribution is -0.142. The molecule has 0 saturated heterocycles. The van der Waals surface area contributed by atoms with Crippen LogP contribution in [0.25, 0.3) is 0 Å². The minimum Gasteiger partial charge on any atom is -0.467 e. The summed E-state index contributed by atoms with van der Waals surface area (Å²) in [4.78, 5) is 24.6. The molecule has 5 nitrogen and oxygen atoms in total. The minimum absolute atomic E-state index is 0.350. The predicted molar refractivity (Wildman–Crippen MR) is 90.0 cm³/mol. The second-order valence-corrected chi connectivity index (χ2v) is 7.50. The van der Waals surface area contributed by atoms with Gasteiger partial charge in [0.15, 0.2) is 0 Å². The highest BCUT2D eigenvalue weighted by Crippen LogP contribution is 2.22. The van der Waals surface area contributed by atoms with Gasteiger partial charge in [-0.1, -0.05) is 22.0 Å². The van der Waals surface area contributed by atoms with Crippen molar-refractivity contribution in [3.63, 3.8) is 0 Å². The maximum atomic E-state index is 11.8. The van der Waals surface area contributed by atoms with E-state index in [1.54, 1.807) is 20.8 Å². The maximum Gasteiger partial charge on any atom is 0.408 e. The minimum atomic E-state index is -0.774. The molecular formula is C15H20BrNO4S. The fourth-order valence-electron chi connectivity index (χ4n) is 1.50. The average Bonchev–Trinajstić information content (AvgIpc) is 2.40. The molecule has 22 heavy (non-hydrogen) atoms. The summed E-state index contributed by atoms with van der Waals surface area (Å²) in [5, 5.41) is 2.54. The van der Waals surface area contributed by atoms with E-state index in [1.807, 2.05) is 24.3 Å². The van der Waals surface area contributed by atoms with Gasteiger partial charge in [0.25, 0.3) is 0 Å². The van der Waals surface area contributed by atoms with Crippen molar-refractivity contribution < 1.29 is 19.1 Å². The van der Waals surface area contributed by atoms with Crippen LogP contribution < -0.4 is 5.32 Å². The first-order valence-electron chi connectivity index (χ1n) is 6.67. The Labute approximate surface area is 143 Å². The molecule has 1 amide bonds. The molecular weight excluding hydrogens is 370 g/mol. The number of alkyl carbamates (subject to hydrolysis) is 1. The smallest absolute Gasteiger partial charge is 0.408 e. The molecule has 0 radical (unpaired) electrons. The summed E-state index contributed by atoms with van der Waals surface area (Å²) >= 11 is 4.84. The summed E-state index contributed by atoms with van der Waals surface area (Å²) in [5.41, 5.74) is -0.623. The van der Waals surface area contributed by atoms with Crippen molar-refractivity contribution in [3.05, 3.63) is 28.7 Å². The number of methoxy groups -OCH3 is 1. The summed E-state index contributed by atoms with van der Waals surface area (Å²) < 4.78 is 10.8. The van der Waals surface area contributed by atoms with Crippen molar-refractivity contribution in [2.45, 2.75) is 37.3 Å². The number of thioether (sulfide) groups is 1. The Hall–Kier alpha value is -1.21. The van der Waals surface area contributed by atoms with Crippen molar-refractivity contribution in [3.8, 4) is 0 Å². The number of carbonyl (C=O) groups is 2. The Bertz CT molecular complexity index is 531. The van der Waals surface area contributed by atoms with E-state index >= 15 is 0 Å². The molecule has 7 heteroatoms. The second-order valence-electron chi connectivity index (χ2n) is 5.49. The molecule has 1 aromatic carbocycles. The second kappa shape index (κ2) is 8.43. The van der Waals surface area contributed by atoms with E-state index in [0.717, 1.165) is 9.37 Å². The van der Waals surface area contributed by atoms with Crippen LogP contribution in [0.1, 0.15) is 20.8 Å². The number of halogens is 1. The van der Waals surface area contributed by atoms with E-state index in [4.69, 9.17) is 9.47 Å². The lowest BCUT2D eigenvalue weighted by Crippen LogP contribution is -2.45. The van der Waals surface area contributed by atoms with Crippen molar-refractivity contribution >= 4 is 39.8 Å². The molecule has 1 N–H and O–H groups in total. The first-order chi connectivity index (χ1) is 10.2. The molecule has 0 aliphatic rings. The van der Waals surface area contributed by atoms with Gasteiger partial charge in [-0.3, -0.25) is 0 Å². The van der Waals surface area contributed by atoms with Crippen LogP contribution in [-0.4, -0.2) is 36.6 Å². The lowest BCUT2D eigenvalue weighted by Gasteiger charge is -2.22. The first-order valence-corrected chi connectivity index (χ1v) is 8.45. The number of carbonyl (C=O) groups excluding carboxylic acids is 2. The number of ether oxygens (including phenoxy) is 2. The normalized spacial score (nSPS) is 12.4. The first kappa shape index (κ1) is 18.8. The summed E-state index contributed by atoms with van der Waals surface area (Å²) in [6.45, 7) is 5.28. The van der Waals surface area contributed by atoms with Crippen molar-refractivity contribution in [1.29, 1.82) is 0 Å². The number of nitrogens with one attached hydrogen (secondary N) is 1. The Kier molecular flexibility index (Phi) is 7.22. The molecule has 1 rings (SSSR count). The van der Waals surface area contributed by atoms with Gasteiger partial charge in [0.2, 0.25) is 0 Å². The highest BCUT2D eigenvalue weighted by Gasteiger charge is 2.25. The fraction of sp³-hybridized carbons (Fsp3) is 0.467. The van der Waals surface area contributed by atoms with Gasteiger partial charge in [0, 0.05) is 15.1 Å². The van der Waals surface area contributed by atoms with Crippen molar-refractivity contribution in [2.75, 3.05) is 12.9 Å². The Morgan fingerprint density at radius 2 is 2.05 bits per heavy atom. The molecule has 0 saturated carbocycles. The quantitative estimate of drug-likeness (QED) is 0.615. The molecule has 0 spiro atoms. The standard InChI is InChI=1S/C15H20BrNO4S/c1-15(2,3)21-14(19)17-12(13(18)20-4)9-22-11-7-5-6-10(16)8-11/h5-8,12H,9H2,1-4H3,(H,17,19)/t12-/m0/s1.